The Morgan fingerprint density at radius 1 is 0.933 bits per heavy atom. The fourth-order valence-corrected chi connectivity index (χ4v) is 4.49. The van der Waals surface area contributed by atoms with E-state index < -0.39 is 0 Å². The van der Waals surface area contributed by atoms with Crippen LogP contribution in [0.15, 0.2) is 54.6 Å². The first kappa shape index (κ1) is 20.8. The normalized spacial score (nSPS) is 19.8. The fraction of sp³-hybridized carbons (Fsp3) is 0.348. The zero-order chi connectivity index (χ0) is 21.1. The molecule has 0 spiro atoms. The van der Waals surface area contributed by atoms with Gasteiger partial charge in [0.25, 0.3) is 0 Å². The Kier molecular flexibility index (Phi) is 6.36. The van der Waals surface area contributed by atoms with E-state index in [4.69, 9.17) is 0 Å². The molecule has 0 aliphatic carbocycles. The Bertz CT molecular complexity index is 924. The van der Waals surface area contributed by atoms with Crippen molar-refractivity contribution in [2.24, 2.45) is 11.8 Å². The summed E-state index contributed by atoms with van der Waals surface area (Å²) in [5.41, 5.74) is 1.63. The molecule has 2 fully saturated rings. The number of halogens is 1. The van der Waals surface area contributed by atoms with Gasteiger partial charge in [-0.25, -0.2) is 0 Å². The zero-order valence-corrected chi connectivity index (χ0v) is 18.7. The second kappa shape index (κ2) is 9.16. The van der Waals surface area contributed by atoms with Gasteiger partial charge in [-0.05, 0) is 71.8 Å². The van der Waals surface area contributed by atoms with E-state index in [9.17, 15) is 14.4 Å². The molecule has 0 aromatic heterocycles. The Morgan fingerprint density at radius 2 is 1.60 bits per heavy atom. The lowest BCUT2D eigenvalue weighted by molar-refractivity contribution is -0.138. The van der Waals surface area contributed by atoms with E-state index in [1.165, 1.54) is 0 Å². The van der Waals surface area contributed by atoms with E-state index in [0.29, 0.717) is 32.5 Å². The predicted octanol–water partition coefficient (Wildman–Crippen LogP) is 3.52. The molecule has 2 aromatic carbocycles. The highest BCUT2D eigenvalue weighted by atomic mass is 127. The quantitative estimate of drug-likeness (QED) is 0.632. The lowest BCUT2D eigenvalue weighted by Crippen LogP contribution is -2.44. The number of nitrogens with one attached hydrogen (secondary N) is 1. The van der Waals surface area contributed by atoms with Crippen LogP contribution in [0, 0.1) is 15.4 Å². The van der Waals surface area contributed by atoms with Crippen LogP contribution in [0.2, 0.25) is 0 Å². The number of likely N-dealkylation sites (tertiary alicyclic amines) is 1. The molecular formula is C23H24IN3O3. The molecule has 156 valence electrons. The van der Waals surface area contributed by atoms with Gasteiger partial charge in [-0.1, -0.05) is 18.2 Å². The molecule has 0 saturated carbocycles. The maximum Gasteiger partial charge on any atom is 0.228 e. The number of hydrogen-bond donors (Lipinski definition) is 1. The molecule has 2 aliphatic rings. The van der Waals surface area contributed by atoms with Crippen molar-refractivity contribution >= 4 is 51.7 Å². The largest absolute Gasteiger partial charge is 0.342 e. The van der Waals surface area contributed by atoms with Crippen LogP contribution >= 0.6 is 22.6 Å². The summed E-state index contributed by atoms with van der Waals surface area (Å²) in [4.78, 5) is 41.5. The van der Waals surface area contributed by atoms with Crippen molar-refractivity contribution in [3.63, 3.8) is 0 Å². The van der Waals surface area contributed by atoms with Crippen LogP contribution in [0.1, 0.15) is 19.3 Å². The molecule has 2 aliphatic heterocycles. The summed E-state index contributed by atoms with van der Waals surface area (Å²) >= 11 is 2.23. The predicted molar refractivity (Wildman–Crippen MR) is 124 cm³/mol. The van der Waals surface area contributed by atoms with Gasteiger partial charge >= 0.3 is 0 Å². The van der Waals surface area contributed by atoms with E-state index >= 15 is 0 Å². The van der Waals surface area contributed by atoms with Crippen LogP contribution in [0.3, 0.4) is 0 Å². The summed E-state index contributed by atoms with van der Waals surface area (Å²) in [6.45, 7) is 1.54. The second-order valence-electron chi connectivity index (χ2n) is 7.84. The molecule has 2 saturated heterocycles. The van der Waals surface area contributed by atoms with Crippen molar-refractivity contribution in [3.8, 4) is 0 Å². The van der Waals surface area contributed by atoms with E-state index in [0.717, 1.165) is 14.9 Å². The number of hydrogen-bond acceptors (Lipinski definition) is 3. The molecule has 30 heavy (non-hydrogen) atoms. The number of piperidine rings is 1. The minimum absolute atomic E-state index is 0.00802. The Morgan fingerprint density at radius 3 is 2.27 bits per heavy atom. The summed E-state index contributed by atoms with van der Waals surface area (Å²) in [7, 11) is 0. The van der Waals surface area contributed by atoms with Crippen molar-refractivity contribution < 1.29 is 14.4 Å². The van der Waals surface area contributed by atoms with E-state index in [1.54, 1.807) is 4.90 Å². The van der Waals surface area contributed by atoms with Gasteiger partial charge in [0.2, 0.25) is 17.7 Å². The maximum atomic E-state index is 13.0. The van der Waals surface area contributed by atoms with Crippen LogP contribution in [-0.2, 0) is 14.4 Å². The highest BCUT2D eigenvalue weighted by Crippen LogP contribution is 2.28. The molecule has 4 rings (SSSR count). The lowest BCUT2D eigenvalue weighted by Gasteiger charge is -2.33. The van der Waals surface area contributed by atoms with Gasteiger partial charge in [0.05, 0.1) is 5.92 Å². The average molecular weight is 517 g/mol. The molecule has 0 radical (unpaired) electrons. The summed E-state index contributed by atoms with van der Waals surface area (Å²) in [5.74, 6) is -0.381. The Labute approximate surface area is 189 Å². The van der Waals surface area contributed by atoms with Crippen LogP contribution < -0.4 is 10.2 Å². The number of anilines is 2. The first-order valence-corrected chi connectivity index (χ1v) is 11.3. The van der Waals surface area contributed by atoms with Crippen molar-refractivity contribution in [2.45, 2.75) is 19.3 Å². The molecule has 7 heteroatoms. The van der Waals surface area contributed by atoms with E-state index in [2.05, 4.69) is 27.9 Å². The van der Waals surface area contributed by atoms with Crippen molar-refractivity contribution in [1.29, 1.82) is 0 Å². The van der Waals surface area contributed by atoms with Crippen LogP contribution in [0.4, 0.5) is 11.4 Å². The molecule has 2 heterocycles. The maximum absolute atomic E-state index is 13.0. The smallest absolute Gasteiger partial charge is 0.228 e. The SMILES string of the molecule is O=C(Nc1ccc(I)cc1)C1CCN(C(=O)C2CC(=O)N(c3ccccc3)C2)CC1. The molecule has 1 atom stereocenters. The monoisotopic (exact) mass is 517 g/mol. The standard InChI is InChI=1S/C23H24IN3O3/c24-18-6-8-19(9-7-18)25-22(29)16-10-12-26(13-11-16)23(30)17-14-21(28)27(15-17)20-4-2-1-3-5-20/h1-9,16-17H,10-15H2,(H,25,29). The van der Waals surface area contributed by atoms with Gasteiger partial charge in [0, 0.05) is 46.9 Å². The van der Waals surface area contributed by atoms with Crippen LogP contribution in [0.25, 0.3) is 0 Å². The third kappa shape index (κ3) is 4.66. The zero-order valence-electron chi connectivity index (χ0n) is 16.6. The van der Waals surface area contributed by atoms with Gasteiger partial charge in [-0.15, -0.1) is 0 Å². The highest BCUT2D eigenvalue weighted by Gasteiger charge is 2.38. The van der Waals surface area contributed by atoms with E-state index in [1.807, 2.05) is 59.5 Å². The average Bonchev–Trinajstić information content (AvgIpc) is 3.17. The molecule has 1 unspecified atom stereocenters. The fourth-order valence-electron chi connectivity index (χ4n) is 4.13. The summed E-state index contributed by atoms with van der Waals surface area (Å²) in [5, 5.41) is 2.97. The number of para-hydroxylation sites is 1. The van der Waals surface area contributed by atoms with Crippen molar-refractivity contribution in [2.75, 3.05) is 29.9 Å². The third-order valence-corrected chi connectivity index (χ3v) is 6.55. The van der Waals surface area contributed by atoms with Crippen molar-refractivity contribution in [3.05, 3.63) is 58.2 Å². The van der Waals surface area contributed by atoms with Gasteiger partial charge in [0.15, 0.2) is 0 Å². The number of carbonyl (C=O) groups excluding carboxylic acids is 3. The summed E-state index contributed by atoms with van der Waals surface area (Å²) in [6, 6.07) is 17.2. The third-order valence-electron chi connectivity index (χ3n) is 5.83. The molecule has 0 bridgehead atoms. The van der Waals surface area contributed by atoms with Crippen molar-refractivity contribution in [1.82, 2.24) is 4.90 Å². The number of amides is 3. The number of rotatable bonds is 4. The van der Waals surface area contributed by atoms with Gasteiger partial charge in [-0.3, -0.25) is 14.4 Å². The van der Waals surface area contributed by atoms with Crippen LogP contribution in [-0.4, -0.2) is 42.3 Å². The topological polar surface area (TPSA) is 69.7 Å². The van der Waals surface area contributed by atoms with Gasteiger partial charge in [0.1, 0.15) is 0 Å². The first-order valence-electron chi connectivity index (χ1n) is 10.2. The first-order chi connectivity index (χ1) is 14.5. The minimum atomic E-state index is -0.310. The number of nitrogens with zero attached hydrogens (tertiary/aromatic N) is 2. The second-order valence-corrected chi connectivity index (χ2v) is 9.08. The minimum Gasteiger partial charge on any atom is -0.342 e. The number of benzene rings is 2. The Balaban J connectivity index is 1.29. The molecule has 1 N–H and O–H groups in total. The lowest BCUT2D eigenvalue weighted by atomic mass is 9.94. The number of carbonyl (C=O) groups is 3. The Hall–Kier alpha value is -2.42. The molecular weight excluding hydrogens is 493 g/mol. The molecule has 6 nitrogen and oxygen atoms in total. The highest BCUT2D eigenvalue weighted by molar-refractivity contribution is 14.1. The summed E-state index contributed by atoms with van der Waals surface area (Å²) in [6.07, 6.45) is 1.54. The molecule has 2 aromatic rings. The van der Waals surface area contributed by atoms with Crippen LogP contribution in [0.5, 0.6) is 0 Å². The van der Waals surface area contributed by atoms with E-state index in [-0.39, 0.29) is 36.0 Å². The molecule has 3 amide bonds. The van der Waals surface area contributed by atoms with Gasteiger partial charge in [-0.2, -0.15) is 0 Å². The van der Waals surface area contributed by atoms with Gasteiger partial charge < -0.3 is 15.1 Å². The summed E-state index contributed by atoms with van der Waals surface area (Å²) < 4.78 is 1.12.